The van der Waals surface area contributed by atoms with Crippen molar-refractivity contribution in [3.63, 3.8) is 0 Å². The minimum atomic E-state index is -0.501. The van der Waals surface area contributed by atoms with Crippen molar-refractivity contribution in [3.8, 4) is 0 Å². The molecule has 1 aromatic carbocycles. The molecular formula is C32H45NO3. The number of benzene rings is 1. The quantitative estimate of drug-likeness (QED) is 0.163. The van der Waals surface area contributed by atoms with Gasteiger partial charge in [0.05, 0.1) is 12.7 Å². The van der Waals surface area contributed by atoms with Crippen LogP contribution in [0.1, 0.15) is 53.5 Å². The van der Waals surface area contributed by atoms with E-state index in [4.69, 9.17) is 5.11 Å². The minimum absolute atomic E-state index is 0.0175. The van der Waals surface area contributed by atoms with E-state index < -0.39 is 6.10 Å². The van der Waals surface area contributed by atoms with Crippen LogP contribution in [0, 0.1) is 11.8 Å². The van der Waals surface area contributed by atoms with Crippen LogP contribution < -0.4 is 5.32 Å². The van der Waals surface area contributed by atoms with Crippen LogP contribution in [0.15, 0.2) is 102 Å². The highest BCUT2D eigenvalue weighted by Gasteiger charge is 2.14. The highest BCUT2D eigenvalue weighted by atomic mass is 16.3. The van der Waals surface area contributed by atoms with Crippen LogP contribution in [-0.2, 0) is 11.2 Å². The SMILES string of the molecule is CC(=CC=CC=C/C=C/C(C)=C/C(C)C(O)C(C)=CC(C)CCc1ccccc1)C(=O)NC(C)CO. The normalized spacial score (nSPS) is 17.1. The number of hydrogen-bond acceptors (Lipinski definition) is 3. The predicted molar refractivity (Wildman–Crippen MR) is 152 cm³/mol. The van der Waals surface area contributed by atoms with Crippen molar-refractivity contribution in [1.29, 1.82) is 0 Å². The molecule has 1 aromatic rings. The van der Waals surface area contributed by atoms with E-state index in [-0.39, 0.29) is 24.5 Å². The van der Waals surface area contributed by atoms with Gasteiger partial charge in [-0.3, -0.25) is 4.79 Å². The third kappa shape index (κ3) is 13.2. The number of rotatable bonds is 14. The summed E-state index contributed by atoms with van der Waals surface area (Å²) >= 11 is 0. The fraction of sp³-hybridized carbons (Fsp3) is 0.406. The average molecular weight is 492 g/mol. The van der Waals surface area contributed by atoms with Crippen LogP contribution in [-0.4, -0.2) is 34.9 Å². The van der Waals surface area contributed by atoms with Crippen LogP contribution in [0.5, 0.6) is 0 Å². The van der Waals surface area contributed by atoms with Crippen LogP contribution in [0.4, 0.5) is 0 Å². The van der Waals surface area contributed by atoms with Crippen molar-refractivity contribution in [1.82, 2.24) is 5.32 Å². The van der Waals surface area contributed by atoms with Gasteiger partial charge in [-0.1, -0.05) is 104 Å². The molecule has 196 valence electrons. The zero-order valence-electron chi connectivity index (χ0n) is 22.8. The molecule has 0 aliphatic rings. The summed E-state index contributed by atoms with van der Waals surface area (Å²) in [6.07, 6.45) is 19.1. The number of aliphatic hydroxyl groups excluding tert-OH is 2. The van der Waals surface area contributed by atoms with E-state index in [9.17, 15) is 9.90 Å². The van der Waals surface area contributed by atoms with Gasteiger partial charge in [-0.25, -0.2) is 0 Å². The number of allylic oxidation sites excluding steroid dienone is 9. The fourth-order valence-electron chi connectivity index (χ4n) is 3.70. The van der Waals surface area contributed by atoms with Crippen LogP contribution in [0.2, 0.25) is 0 Å². The van der Waals surface area contributed by atoms with Crippen molar-refractivity contribution in [2.45, 2.75) is 66.5 Å². The third-order valence-electron chi connectivity index (χ3n) is 5.93. The van der Waals surface area contributed by atoms with E-state index in [2.05, 4.69) is 48.7 Å². The Labute approximate surface area is 218 Å². The number of aryl methyl sites for hydroxylation is 1. The maximum atomic E-state index is 11.9. The number of carbonyl (C=O) groups excluding carboxylic acids is 1. The molecule has 0 saturated carbocycles. The second-order valence-corrected chi connectivity index (χ2v) is 9.66. The Morgan fingerprint density at radius 3 is 2.25 bits per heavy atom. The molecule has 0 spiro atoms. The van der Waals surface area contributed by atoms with E-state index in [0.29, 0.717) is 11.5 Å². The molecule has 0 aliphatic heterocycles. The van der Waals surface area contributed by atoms with E-state index in [0.717, 1.165) is 24.0 Å². The standard InChI is InChI=1S/C32H45NO3/c1-24(15-11-8-7-9-12-16-26(3)32(36)33-29(6)23-34)21-27(4)31(35)28(5)22-25(2)19-20-30-17-13-10-14-18-30/h7-18,21-22,25,27,29,31,34-35H,19-20,23H2,1-6H3,(H,33,36)/b8-7?,12-9?,15-11+,24-21+,26-16?,28-22?. The van der Waals surface area contributed by atoms with Gasteiger partial charge in [0.15, 0.2) is 0 Å². The molecular weight excluding hydrogens is 446 g/mol. The summed E-state index contributed by atoms with van der Waals surface area (Å²) in [5.41, 5.74) is 4.04. The molecule has 0 bridgehead atoms. The van der Waals surface area contributed by atoms with E-state index in [1.807, 2.05) is 57.2 Å². The molecule has 4 heteroatoms. The molecule has 1 rings (SSSR count). The average Bonchev–Trinajstić information content (AvgIpc) is 2.86. The molecule has 0 fully saturated rings. The maximum Gasteiger partial charge on any atom is 0.247 e. The van der Waals surface area contributed by atoms with E-state index in [1.165, 1.54) is 5.56 Å². The molecule has 0 radical (unpaired) electrons. The molecule has 0 aliphatic carbocycles. The monoisotopic (exact) mass is 491 g/mol. The smallest absolute Gasteiger partial charge is 0.247 e. The molecule has 4 atom stereocenters. The number of aliphatic hydroxyl groups is 2. The molecule has 36 heavy (non-hydrogen) atoms. The Morgan fingerprint density at radius 2 is 1.58 bits per heavy atom. The summed E-state index contributed by atoms with van der Waals surface area (Å²) in [6, 6.07) is 10.3. The molecule has 0 heterocycles. The Hall–Kier alpha value is -2.95. The third-order valence-corrected chi connectivity index (χ3v) is 5.93. The molecule has 0 aromatic heterocycles. The highest BCUT2D eigenvalue weighted by molar-refractivity contribution is 5.93. The summed E-state index contributed by atoms with van der Waals surface area (Å²) in [5, 5.41) is 22.5. The second-order valence-electron chi connectivity index (χ2n) is 9.66. The summed E-state index contributed by atoms with van der Waals surface area (Å²) in [4.78, 5) is 11.9. The number of carbonyl (C=O) groups is 1. The Morgan fingerprint density at radius 1 is 0.944 bits per heavy atom. The zero-order valence-corrected chi connectivity index (χ0v) is 22.8. The number of nitrogens with one attached hydrogen (secondary N) is 1. The lowest BCUT2D eigenvalue weighted by Gasteiger charge is -2.19. The van der Waals surface area contributed by atoms with Crippen molar-refractivity contribution < 1.29 is 15.0 Å². The lowest BCUT2D eigenvalue weighted by atomic mass is 9.92. The van der Waals surface area contributed by atoms with Gasteiger partial charge in [-0.05, 0) is 57.6 Å². The van der Waals surface area contributed by atoms with E-state index >= 15 is 0 Å². The van der Waals surface area contributed by atoms with Gasteiger partial charge in [-0.15, -0.1) is 0 Å². The van der Waals surface area contributed by atoms with E-state index in [1.54, 1.807) is 26.0 Å². The first-order chi connectivity index (χ1) is 17.1. The zero-order chi connectivity index (χ0) is 26.9. The van der Waals surface area contributed by atoms with Gasteiger partial charge in [-0.2, -0.15) is 0 Å². The van der Waals surface area contributed by atoms with Gasteiger partial charge < -0.3 is 15.5 Å². The summed E-state index contributed by atoms with van der Waals surface area (Å²) in [5.74, 6) is 0.241. The number of hydrogen-bond donors (Lipinski definition) is 3. The van der Waals surface area contributed by atoms with Crippen molar-refractivity contribution in [2.24, 2.45) is 11.8 Å². The molecule has 4 nitrogen and oxygen atoms in total. The minimum Gasteiger partial charge on any atom is -0.394 e. The van der Waals surface area contributed by atoms with Crippen LogP contribution >= 0.6 is 0 Å². The van der Waals surface area contributed by atoms with Gasteiger partial charge in [0.2, 0.25) is 5.91 Å². The van der Waals surface area contributed by atoms with Crippen molar-refractivity contribution in [3.05, 3.63) is 107 Å². The summed E-state index contributed by atoms with van der Waals surface area (Å²) in [7, 11) is 0. The lowest BCUT2D eigenvalue weighted by molar-refractivity contribution is -0.118. The van der Waals surface area contributed by atoms with Crippen molar-refractivity contribution >= 4 is 5.91 Å². The second kappa shape index (κ2) is 17.5. The van der Waals surface area contributed by atoms with Gasteiger partial charge in [0, 0.05) is 17.5 Å². The summed E-state index contributed by atoms with van der Waals surface area (Å²) < 4.78 is 0. The van der Waals surface area contributed by atoms with Gasteiger partial charge in [0.1, 0.15) is 0 Å². The molecule has 0 saturated heterocycles. The predicted octanol–water partition coefficient (Wildman–Crippen LogP) is 6.26. The fourth-order valence-corrected chi connectivity index (χ4v) is 3.70. The Bertz CT molecular complexity index is 966. The Balaban J connectivity index is 2.53. The maximum absolute atomic E-state index is 11.9. The molecule has 1 amide bonds. The first kappa shape index (κ1) is 31.1. The van der Waals surface area contributed by atoms with Gasteiger partial charge in [0.25, 0.3) is 0 Å². The van der Waals surface area contributed by atoms with Crippen LogP contribution in [0.3, 0.4) is 0 Å². The van der Waals surface area contributed by atoms with Crippen LogP contribution in [0.25, 0.3) is 0 Å². The van der Waals surface area contributed by atoms with Gasteiger partial charge >= 0.3 is 0 Å². The molecule has 4 unspecified atom stereocenters. The summed E-state index contributed by atoms with van der Waals surface area (Å²) in [6.45, 7) is 11.7. The molecule has 3 N–H and O–H groups in total. The highest BCUT2D eigenvalue weighted by Crippen LogP contribution is 2.19. The Kier molecular flexibility index (Phi) is 15.1. The lowest BCUT2D eigenvalue weighted by Crippen LogP contribution is -2.35. The topological polar surface area (TPSA) is 69.6 Å². The first-order valence-electron chi connectivity index (χ1n) is 12.8. The van der Waals surface area contributed by atoms with Crippen molar-refractivity contribution in [2.75, 3.05) is 6.61 Å². The first-order valence-corrected chi connectivity index (χ1v) is 12.8. The number of amides is 1. The largest absolute Gasteiger partial charge is 0.394 e.